The zero-order chi connectivity index (χ0) is 12.5. The summed E-state index contributed by atoms with van der Waals surface area (Å²) in [4.78, 5) is 0. The topological polar surface area (TPSA) is 12.0 Å². The molecule has 1 aromatic carbocycles. The zero-order valence-electron chi connectivity index (χ0n) is 11.1. The predicted octanol–water partition coefficient (Wildman–Crippen LogP) is 5.14. The fourth-order valence-electron chi connectivity index (χ4n) is 3.14. The Labute approximate surface area is 118 Å². The fraction of sp³-hybridized carbons (Fsp3) is 0.625. The van der Waals surface area contributed by atoms with Crippen LogP contribution in [-0.2, 0) is 0 Å². The maximum Gasteiger partial charge on any atom is 0.0487 e. The molecule has 0 aromatic heterocycles. The summed E-state index contributed by atoms with van der Waals surface area (Å²) in [5.41, 5.74) is 2.60. The van der Waals surface area contributed by atoms with Crippen LogP contribution in [0.15, 0.2) is 22.7 Å². The maximum atomic E-state index is 3.83. The van der Waals surface area contributed by atoms with Gasteiger partial charge in [-0.1, -0.05) is 18.9 Å². The summed E-state index contributed by atoms with van der Waals surface area (Å²) < 4.78 is 1.21. The Morgan fingerprint density at radius 3 is 2.17 bits per heavy atom. The average molecular weight is 308 g/mol. The molecule has 1 nitrogen and oxygen atoms in total. The molecular formula is C16H22BrN. The van der Waals surface area contributed by atoms with Crippen LogP contribution in [0.2, 0.25) is 0 Å². The van der Waals surface area contributed by atoms with Crippen LogP contribution in [0.25, 0.3) is 0 Å². The molecule has 1 N–H and O–H groups in total. The van der Waals surface area contributed by atoms with Gasteiger partial charge in [0.2, 0.25) is 0 Å². The molecule has 2 fully saturated rings. The molecule has 18 heavy (non-hydrogen) atoms. The van der Waals surface area contributed by atoms with Gasteiger partial charge in [0.25, 0.3) is 0 Å². The SMILES string of the molecule is Cc1ccc(NC(C2CCC2)C2CCC2)c(Br)c1. The van der Waals surface area contributed by atoms with Crippen molar-refractivity contribution >= 4 is 21.6 Å². The summed E-state index contributed by atoms with van der Waals surface area (Å²) in [5.74, 6) is 1.84. The predicted molar refractivity (Wildman–Crippen MR) is 81.0 cm³/mol. The van der Waals surface area contributed by atoms with Crippen LogP contribution in [0.4, 0.5) is 5.69 Å². The Hall–Kier alpha value is -0.500. The molecule has 0 bridgehead atoms. The van der Waals surface area contributed by atoms with Gasteiger partial charge in [-0.2, -0.15) is 0 Å². The number of rotatable bonds is 4. The lowest BCUT2D eigenvalue weighted by molar-refractivity contribution is 0.166. The molecule has 0 atom stereocenters. The third-order valence-electron chi connectivity index (χ3n) is 4.76. The summed E-state index contributed by atoms with van der Waals surface area (Å²) in [6.45, 7) is 2.14. The summed E-state index contributed by atoms with van der Waals surface area (Å²) in [7, 11) is 0. The molecule has 3 rings (SSSR count). The highest BCUT2D eigenvalue weighted by Crippen LogP contribution is 2.42. The van der Waals surface area contributed by atoms with E-state index in [1.165, 1.54) is 54.2 Å². The van der Waals surface area contributed by atoms with Crippen molar-refractivity contribution in [3.8, 4) is 0 Å². The van der Waals surface area contributed by atoms with Gasteiger partial charge < -0.3 is 5.32 Å². The van der Waals surface area contributed by atoms with E-state index in [0.717, 1.165) is 11.8 Å². The van der Waals surface area contributed by atoms with Gasteiger partial charge in [0.1, 0.15) is 0 Å². The van der Waals surface area contributed by atoms with Gasteiger partial charge in [0, 0.05) is 16.2 Å². The van der Waals surface area contributed by atoms with Crippen molar-refractivity contribution in [2.75, 3.05) is 5.32 Å². The van der Waals surface area contributed by atoms with E-state index >= 15 is 0 Å². The van der Waals surface area contributed by atoms with Crippen molar-refractivity contribution in [2.24, 2.45) is 11.8 Å². The number of anilines is 1. The highest BCUT2D eigenvalue weighted by molar-refractivity contribution is 9.10. The molecule has 0 aliphatic heterocycles. The van der Waals surface area contributed by atoms with E-state index in [4.69, 9.17) is 0 Å². The van der Waals surface area contributed by atoms with E-state index in [9.17, 15) is 0 Å². The molecule has 0 saturated heterocycles. The summed E-state index contributed by atoms with van der Waals surface area (Å²) in [6, 6.07) is 7.35. The van der Waals surface area contributed by atoms with Gasteiger partial charge in [-0.05, 0) is 78.1 Å². The van der Waals surface area contributed by atoms with Gasteiger partial charge in [-0.3, -0.25) is 0 Å². The molecule has 0 radical (unpaired) electrons. The molecule has 1 aromatic rings. The van der Waals surface area contributed by atoms with Crippen LogP contribution < -0.4 is 5.32 Å². The standard InChI is InChI=1S/C16H22BrN/c1-11-8-9-15(14(17)10-11)18-16(12-4-2-5-12)13-6-3-7-13/h8-10,12-13,16,18H,2-7H2,1H3. The van der Waals surface area contributed by atoms with Crippen molar-refractivity contribution < 1.29 is 0 Å². The van der Waals surface area contributed by atoms with Gasteiger partial charge >= 0.3 is 0 Å². The van der Waals surface area contributed by atoms with Crippen LogP contribution >= 0.6 is 15.9 Å². The first kappa shape index (κ1) is 12.5. The largest absolute Gasteiger partial charge is 0.381 e. The van der Waals surface area contributed by atoms with E-state index in [2.05, 4.69) is 46.4 Å². The first-order chi connectivity index (χ1) is 8.74. The Balaban J connectivity index is 1.74. The minimum absolute atomic E-state index is 0.714. The van der Waals surface area contributed by atoms with Crippen molar-refractivity contribution in [3.05, 3.63) is 28.2 Å². The molecule has 0 unspecified atom stereocenters. The van der Waals surface area contributed by atoms with Crippen molar-refractivity contribution in [1.82, 2.24) is 0 Å². The van der Waals surface area contributed by atoms with Crippen molar-refractivity contribution in [2.45, 2.75) is 51.5 Å². The molecule has 2 saturated carbocycles. The number of hydrogen-bond donors (Lipinski definition) is 1. The zero-order valence-corrected chi connectivity index (χ0v) is 12.7. The number of nitrogens with one attached hydrogen (secondary N) is 1. The third kappa shape index (κ3) is 2.45. The Kier molecular flexibility index (Phi) is 3.65. The van der Waals surface area contributed by atoms with Crippen LogP contribution in [0.1, 0.15) is 44.1 Å². The minimum atomic E-state index is 0.714. The smallest absolute Gasteiger partial charge is 0.0487 e. The van der Waals surface area contributed by atoms with Crippen LogP contribution in [0.5, 0.6) is 0 Å². The molecule has 2 heteroatoms. The highest BCUT2D eigenvalue weighted by Gasteiger charge is 2.36. The van der Waals surface area contributed by atoms with Crippen molar-refractivity contribution in [3.63, 3.8) is 0 Å². The molecule has 0 amide bonds. The lowest BCUT2D eigenvalue weighted by Gasteiger charge is -2.43. The monoisotopic (exact) mass is 307 g/mol. The van der Waals surface area contributed by atoms with Crippen LogP contribution in [0, 0.1) is 18.8 Å². The number of aryl methyl sites for hydroxylation is 1. The second-order valence-electron chi connectivity index (χ2n) is 6.04. The van der Waals surface area contributed by atoms with Crippen LogP contribution in [-0.4, -0.2) is 6.04 Å². The van der Waals surface area contributed by atoms with Gasteiger partial charge in [0.05, 0.1) is 0 Å². The van der Waals surface area contributed by atoms with E-state index in [0.29, 0.717) is 6.04 Å². The quantitative estimate of drug-likeness (QED) is 0.812. The van der Waals surface area contributed by atoms with E-state index in [1.807, 2.05) is 0 Å². The second-order valence-corrected chi connectivity index (χ2v) is 6.89. The van der Waals surface area contributed by atoms with Gasteiger partial charge in [-0.25, -0.2) is 0 Å². The normalized spacial score (nSPS) is 20.6. The van der Waals surface area contributed by atoms with E-state index < -0.39 is 0 Å². The van der Waals surface area contributed by atoms with Crippen molar-refractivity contribution in [1.29, 1.82) is 0 Å². The van der Waals surface area contributed by atoms with E-state index in [1.54, 1.807) is 0 Å². The highest BCUT2D eigenvalue weighted by atomic mass is 79.9. The minimum Gasteiger partial charge on any atom is -0.381 e. The fourth-order valence-corrected chi connectivity index (χ4v) is 3.74. The Morgan fingerprint density at radius 2 is 1.72 bits per heavy atom. The average Bonchev–Trinajstić information content (AvgIpc) is 2.16. The number of hydrogen-bond acceptors (Lipinski definition) is 1. The summed E-state index contributed by atoms with van der Waals surface area (Å²) >= 11 is 3.69. The summed E-state index contributed by atoms with van der Waals surface area (Å²) in [5, 5.41) is 3.83. The molecule has 2 aliphatic carbocycles. The first-order valence-electron chi connectivity index (χ1n) is 7.27. The molecule has 98 valence electrons. The maximum absolute atomic E-state index is 3.83. The Bertz CT molecular complexity index is 407. The molecular weight excluding hydrogens is 286 g/mol. The van der Waals surface area contributed by atoms with E-state index in [-0.39, 0.29) is 0 Å². The number of benzene rings is 1. The van der Waals surface area contributed by atoms with Gasteiger partial charge in [-0.15, -0.1) is 0 Å². The number of halogens is 1. The lowest BCUT2D eigenvalue weighted by Crippen LogP contribution is -2.42. The summed E-state index contributed by atoms with van der Waals surface area (Å²) in [6.07, 6.45) is 8.58. The molecule has 0 spiro atoms. The molecule has 0 heterocycles. The van der Waals surface area contributed by atoms with Gasteiger partial charge in [0.15, 0.2) is 0 Å². The first-order valence-corrected chi connectivity index (χ1v) is 8.06. The second kappa shape index (κ2) is 5.24. The third-order valence-corrected chi connectivity index (χ3v) is 5.42. The Morgan fingerprint density at radius 1 is 1.11 bits per heavy atom. The molecule has 2 aliphatic rings. The van der Waals surface area contributed by atoms with Crippen LogP contribution in [0.3, 0.4) is 0 Å². The lowest BCUT2D eigenvalue weighted by atomic mass is 9.68.